The molecule has 0 aromatic rings. The zero-order valence-electron chi connectivity index (χ0n) is 10.5. The second-order valence-electron chi connectivity index (χ2n) is 4.95. The van der Waals surface area contributed by atoms with Crippen LogP contribution < -0.4 is 5.32 Å². The summed E-state index contributed by atoms with van der Waals surface area (Å²) < 4.78 is 5.60. The van der Waals surface area contributed by atoms with Crippen molar-refractivity contribution in [1.82, 2.24) is 10.2 Å². The molecule has 1 unspecified atom stereocenters. The Morgan fingerprint density at radius 2 is 2.20 bits per heavy atom. The van der Waals surface area contributed by atoms with Crippen molar-refractivity contribution in [2.75, 3.05) is 39.4 Å². The average molecular weight is 214 g/mol. The Bertz CT molecular complexity index is 162. The highest BCUT2D eigenvalue weighted by Gasteiger charge is 2.12. The highest BCUT2D eigenvalue weighted by atomic mass is 16.5. The monoisotopic (exact) mass is 214 g/mol. The summed E-state index contributed by atoms with van der Waals surface area (Å²) in [6, 6.07) is 0.673. The van der Waals surface area contributed by atoms with Gasteiger partial charge in [0.05, 0.1) is 6.61 Å². The molecule has 0 spiro atoms. The lowest BCUT2D eigenvalue weighted by Gasteiger charge is -2.19. The second kappa shape index (κ2) is 7.20. The number of hydrogen-bond acceptors (Lipinski definition) is 3. The van der Waals surface area contributed by atoms with Gasteiger partial charge in [0.2, 0.25) is 0 Å². The van der Waals surface area contributed by atoms with E-state index in [4.69, 9.17) is 4.74 Å². The van der Waals surface area contributed by atoms with Gasteiger partial charge >= 0.3 is 0 Å². The average Bonchev–Trinajstić information content (AvgIpc) is 2.38. The van der Waals surface area contributed by atoms with E-state index in [0.29, 0.717) is 12.0 Å². The summed E-state index contributed by atoms with van der Waals surface area (Å²) in [6.45, 7) is 13.0. The van der Waals surface area contributed by atoms with Crippen LogP contribution in [0.4, 0.5) is 0 Å². The molecule has 1 aliphatic rings. The molecule has 3 heteroatoms. The van der Waals surface area contributed by atoms with Crippen molar-refractivity contribution in [2.45, 2.75) is 33.2 Å². The third kappa shape index (κ3) is 6.13. The van der Waals surface area contributed by atoms with Crippen LogP contribution in [0.25, 0.3) is 0 Å². The van der Waals surface area contributed by atoms with Crippen molar-refractivity contribution in [3.63, 3.8) is 0 Å². The summed E-state index contributed by atoms with van der Waals surface area (Å²) >= 11 is 0. The van der Waals surface area contributed by atoms with E-state index < -0.39 is 0 Å². The molecule has 0 aliphatic carbocycles. The molecule has 0 aromatic carbocycles. The van der Waals surface area contributed by atoms with Crippen molar-refractivity contribution in [1.29, 1.82) is 0 Å². The molecule has 1 fully saturated rings. The molecule has 15 heavy (non-hydrogen) atoms. The number of rotatable bonds is 5. The summed E-state index contributed by atoms with van der Waals surface area (Å²) in [6.07, 6.45) is 1.25. The first-order chi connectivity index (χ1) is 7.18. The molecule has 1 rings (SSSR count). The summed E-state index contributed by atoms with van der Waals surface area (Å²) in [5.41, 5.74) is 0. The molecule has 0 aromatic heterocycles. The van der Waals surface area contributed by atoms with Crippen LogP contribution in [-0.4, -0.2) is 50.3 Å². The summed E-state index contributed by atoms with van der Waals surface area (Å²) in [4.78, 5) is 2.50. The molecule has 1 atom stereocenters. The quantitative estimate of drug-likeness (QED) is 0.699. The Hall–Kier alpha value is -0.120. The molecular formula is C12H26N2O. The highest BCUT2D eigenvalue weighted by Crippen LogP contribution is 2.01. The van der Waals surface area contributed by atoms with Crippen LogP contribution >= 0.6 is 0 Å². The Morgan fingerprint density at radius 3 is 2.93 bits per heavy atom. The fraction of sp³-hybridized carbons (Fsp3) is 1.00. The van der Waals surface area contributed by atoms with Crippen LogP contribution in [0.15, 0.2) is 0 Å². The molecule has 0 amide bonds. The van der Waals surface area contributed by atoms with Gasteiger partial charge in [0, 0.05) is 32.3 Å². The maximum atomic E-state index is 5.60. The second-order valence-corrected chi connectivity index (χ2v) is 4.95. The molecule has 0 radical (unpaired) electrons. The van der Waals surface area contributed by atoms with Gasteiger partial charge in [-0.05, 0) is 25.8 Å². The van der Waals surface area contributed by atoms with Crippen LogP contribution in [0, 0.1) is 5.92 Å². The molecule has 1 heterocycles. The molecule has 1 aliphatic heterocycles. The predicted molar refractivity (Wildman–Crippen MR) is 64.2 cm³/mol. The van der Waals surface area contributed by atoms with E-state index in [2.05, 4.69) is 31.0 Å². The number of ether oxygens (including phenoxy) is 1. The Labute approximate surface area is 94.2 Å². The number of nitrogens with zero attached hydrogens (tertiary/aromatic N) is 1. The van der Waals surface area contributed by atoms with E-state index in [1.54, 1.807) is 0 Å². The van der Waals surface area contributed by atoms with E-state index in [1.165, 1.54) is 13.0 Å². The minimum absolute atomic E-state index is 0.649. The Balaban J connectivity index is 2.05. The topological polar surface area (TPSA) is 24.5 Å². The minimum atomic E-state index is 0.649. The molecule has 1 N–H and O–H groups in total. The van der Waals surface area contributed by atoms with Gasteiger partial charge in [-0.1, -0.05) is 13.8 Å². The zero-order chi connectivity index (χ0) is 11.1. The number of nitrogens with one attached hydrogen (secondary N) is 1. The first kappa shape index (κ1) is 12.9. The number of hydrogen-bond donors (Lipinski definition) is 1. The van der Waals surface area contributed by atoms with Gasteiger partial charge in [-0.15, -0.1) is 0 Å². The largest absolute Gasteiger partial charge is 0.380 e. The lowest BCUT2D eigenvalue weighted by Crippen LogP contribution is -2.31. The van der Waals surface area contributed by atoms with E-state index in [0.717, 1.165) is 32.8 Å². The van der Waals surface area contributed by atoms with E-state index in [1.807, 2.05) is 0 Å². The van der Waals surface area contributed by atoms with Gasteiger partial charge < -0.3 is 10.1 Å². The van der Waals surface area contributed by atoms with Gasteiger partial charge in [0.25, 0.3) is 0 Å². The minimum Gasteiger partial charge on any atom is -0.380 e. The van der Waals surface area contributed by atoms with Crippen LogP contribution in [0.5, 0.6) is 0 Å². The van der Waals surface area contributed by atoms with E-state index >= 15 is 0 Å². The Kier molecular flexibility index (Phi) is 6.22. The van der Waals surface area contributed by atoms with Crippen molar-refractivity contribution in [3.8, 4) is 0 Å². The third-order valence-corrected chi connectivity index (χ3v) is 2.80. The van der Waals surface area contributed by atoms with Gasteiger partial charge in [-0.2, -0.15) is 0 Å². The SMILES string of the molecule is CC(C)COCCN1CCNC(C)CC1. The van der Waals surface area contributed by atoms with Crippen LogP contribution in [0.2, 0.25) is 0 Å². The van der Waals surface area contributed by atoms with Crippen LogP contribution in [0.3, 0.4) is 0 Å². The van der Waals surface area contributed by atoms with Gasteiger partial charge in [0.15, 0.2) is 0 Å². The first-order valence-corrected chi connectivity index (χ1v) is 6.22. The Morgan fingerprint density at radius 1 is 1.40 bits per heavy atom. The first-order valence-electron chi connectivity index (χ1n) is 6.22. The molecule has 1 saturated heterocycles. The lowest BCUT2D eigenvalue weighted by atomic mass is 10.2. The van der Waals surface area contributed by atoms with Gasteiger partial charge in [-0.25, -0.2) is 0 Å². The zero-order valence-corrected chi connectivity index (χ0v) is 10.5. The standard InChI is InChI=1S/C12H26N2O/c1-11(2)10-15-9-8-14-6-4-12(3)13-5-7-14/h11-13H,4-10H2,1-3H3. The van der Waals surface area contributed by atoms with Crippen molar-refractivity contribution >= 4 is 0 Å². The van der Waals surface area contributed by atoms with E-state index in [-0.39, 0.29) is 0 Å². The highest BCUT2D eigenvalue weighted by molar-refractivity contribution is 4.71. The van der Waals surface area contributed by atoms with Crippen molar-refractivity contribution in [2.24, 2.45) is 5.92 Å². The normalized spacial score (nSPS) is 24.4. The third-order valence-electron chi connectivity index (χ3n) is 2.80. The maximum absolute atomic E-state index is 5.60. The summed E-state index contributed by atoms with van der Waals surface area (Å²) in [5, 5.41) is 3.50. The molecule has 3 nitrogen and oxygen atoms in total. The molecule has 90 valence electrons. The van der Waals surface area contributed by atoms with Crippen LogP contribution in [-0.2, 0) is 4.74 Å². The summed E-state index contributed by atoms with van der Waals surface area (Å²) in [5.74, 6) is 0.649. The summed E-state index contributed by atoms with van der Waals surface area (Å²) in [7, 11) is 0. The van der Waals surface area contributed by atoms with Crippen molar-refractivity contribution in [3.05, 3.63) is 0 Å². The fourth-order valence-corrected chi connectivity index (χ4v) is 1.80. The maximum Gasteiger partial charge on any atom is 0.0593 e. The smallest absolute Gasteiger partial charge is 0.0593 e. The predicted octanol–water partition coefficient (Wildman–Crippen LogP) is 1.34. The van der Waals surface area contributed by atoms with Crippen LogP contribution in [0.1, 0.15) is 27.2 Å². The molecule has 0 saturated carbocycles. The van der Waals surface area contributed by atoms with E-state index in [9.17, 15) is 0 Å². The van der Waals surface area contributed by atoms with Gasteiger partial charge in [0.1, 0.15) is 0 Å². The molecular weight excluding hydrogens is 188 g/mol. The lowest BCUT2D eigenvalue weighted by molar-refractivity contribution is 0.0869. The van der Waals surface area contributed by atoms with Gasteiger partial charge in [-0.3, -0.25) is 4.90 Å². The van der Waals surface area contributed by atoms with Crippen molar-refractivity contribution < 1.29 is 4.74 Å². The fourth-order valence-electron chi connectivity index (χ4n) is 1.80. The molecule has 0 bridgehead atoms.